The van der Waals surface area contributed by atoms with Crippen molar-refractivity contribution in [3.8, 4) is 5.75 Å². The monoisotopic (exact) mass is 344 g/mol. The summed E-state index contributed by atoms with van der Waals surface area (Å²) in [6.07, 6.45) is 3.61. The summed E-state index contributed by atoms with van der Waals surface area (Å²) in [6, 6.07) is 4.66. The molecule has 2 fully saturated rings. The highest BCUT2D eigenvalue weighted by molar-refractivity contribution is 9.10. The van der Waals surface area contributed by atoms with E-state index in [0.717, 1.165) is 38.9 Å². The predicted octanol–water partition coefficient (Wildman–Crippen LogP) is 3.70. The molecule has 1 aromatic carbocycles. The zero-order chi connectivity index (χ0) is 14.0. The summed E-state index contributed by atoms with van der Waals surface area (Å²) < 4.78 is 31.4. The summed E-state index contributed by atoms with van der Waals surface area (Å²) in [7, 11) is 0. The van der Waals surface area contributed by atoms with Gasteiger partial charge < -0.3 is 14.2 Å². The minimum atomic E-state index is -0.290. The summed E-state index contributed by atoms with van der Waals surface area (Å²) in [5, 5.41) is 0. The van der Waals surface area contributed by atoms with Crippen LogP contribution in [-0.4, -0.2) is 31.5 Å². The fraction of sp³-hybridized carbons (Fsp3) is 0.600. The molecule has 110 valence electrons. The number of rotatable bonds is 2. The van der Waals surface area contributed by atoms with E-state index in [0.29, 0.717) is 16.8 Å². The normalized spacial score (nSPS) is 25.6. The molecule has 3 nitrogen and oxygen atoms in total. The van der Waals surface area contributed by atoms with E-state index in [4.69, 9.17) is 14.2 Å². The molecule has 2 aliphatic heterocycles. The Balaban J connectivity index is 1.67. The molecule has 20 heavy (non-hydrogen) atoms. The van der Waals surface area contributed by atoms with E-state index in [1.807, 2.05) is 0 Å². The Morgan fingerprint density at radius 1 is 1.20 bits per heavy atom. The van der Waals surface area contributed by atoms with Gasteiger partial charge in [-0.05, 0) is 25.0 Å². The van der Waals surface area contributed by atoms with E-state index in [1.54, 1.807) is 6.07 Å². The van der Waals surface area contributed by atoms with Crippen LogP contribution in [0.15, 0.2) is 22.7 Å². The lowest BCUT2D eigenvalue weighted by Gasteiger charge is -2.43. The largest absolute Gasteiger partial charge is 0.490 e. The molecule has 0 aliphatic carbocycles. The van der Waals surface area contributed by atoms with Gasteiger partial charge in [0.15, 0.2) is 0 Å². The van der Waals surface area contributed by atoms with Crippen molar-refractivity contribution in [1.29, 1.82) is 0 Å². The molecule has 2 saturated heterocycles. The summed E-state index contributed by atoms with van der Waals surface area (Å²) in [5.74, 6) is 0.285. The van der Waals surface area contributed by atoms with Crippen molar-refractivity contribution in [3.63, 3.8) is 0 Å². The highest BCUT2D eigenvalue weighted by Crippen LogP contribution is 2.36. The molecule has 3 rings (SSSR count). The molecule has 2 heterocycles. The minimum Gasteiger partial charge on any atom is -0.490 e. The topological polar surface area (TPSA) is 27.7 Å². The number of ether oxygens (including phenoxy) is 3. The first-order chi connectivity index (χ1) is 9.65. The van der Waals surface area contributed by atoms with E-state index in [9.17, 15) is 4.39 Å². The fourth-order valence-corrected chi connectivity index (χ4v) is 3.41. The molecule has 1 spiro atoms. The van der Waals surface area contributed by atoms with Crippen LogP contribution in [0.5, 0.6) is 5.75 Å². The molecule has 1 unspecified atom stereocenters. The lowest BCUT2D eigenvalue weighted by molar-refractivity contribution is -0.155. The van der Waals surface area contributed by atoms with Crippen molar-refractivity contribution < 1.29 is 18.6 Å². The zero-order valence-corrected chi connectivity index (χ0v) is 12.8. The lowest BCUT2D eigenvalue weighted by Crippen LogP contribution is -2.47. The van der Waals surface area contributed by atoms with Crippen LogP contribution in [-0.2, 0) is 9.47 Å². The molecule has 1 aromatic rings. The third-order valence-electron chi connectivity index (χ3n) is 3.99. The Kier molecular flexibility index (Phi) is 4.29. The van der Waals surface area contributed by atoms with Crippen LogP contribution in [0.4, 0.5) is 4.39 Å². The zero-order valence-electron chi connectivity index (χ0n) is 11.2. The maximum absolute atomic E-state index is 13.4. The third-order valence-corrected chi connectivity index (χ3v) is 4.45. The summed E-state index contributed by atoms with van der Waals surface area (Å²) in [6.45, 7) is 2.19. The van der Waals surface area contributed by atoms with Gasteiger partial charge in [-0.25, -0.2) is 4.39 Å². The van der Waals surface area contributed by atoms with Crippen LogP contribution in [0, 0.1) is 5.82 Å². The smallest absolute Gasteiger partial charge is 0.128 e. The van der Waals surface area contributed by atoms with Gasteiger partial charge in [-0.15, -0.1) is 0 Å². The van der Waals surface area contributed by atoms with Gasteiger partial charge in [-0.1, -0.05) is 15.9 Å². The number of hydrogen-bond donors (Lipinski definition) is 0. The van der Waals surface area contributed by atoms with Crippen LogP contribution in [0.3, 0.4) is 0 Å². The molecule has 2 aliphatic rings. The Bertz CT molecular complexity index is 448. The predicted molar refractivity (Wildman–Crippen MR) is 76.5 cm³/mol. The van der Waals surface area contributed by atoms with Gasteiger partial charge in [0.25, 0.3) is 0 Å². The standard InChI is InChI=1S/C15H18BrFO3/c16-11-7-12(17)9-14(8-11)20-13-1-4-19-15(10-13)2-5-18-6-3-15/h7-9,13H,1-6,10H2. The van der Waals surface area contributed by atoms with E-state index in [2.05, 4.69) is 15.9 Å². The second kappa shape index (κ2) is 6.00. The summed E-state index contributed by atoms with van der Waals surface area (Å²) >= 11 is 3.29. The highest BCUT2D eigenvalue weighted by Gasteiger charge is 2.39. The molecule has 1 atom stereocenters. The van der Waals surface area contributed by atoms with E-state index in [1.165, 1.54) is 12.1 Å². The van der Waals surface area contributed by atoms with Crippen LogP contribution in [0.2, 0.25) is 0 Å². The van der Waals surface area contributed by atoms with Crippen molar-refractivity contribution in [2.75, 3.05) is 19.8 Å². The first-order valence-corrected chi connectivity index (χ1v) is 7.79. The summed E-state index contributed by atoms with van der Waals surface area (Å²) in [4.78, 5) is 0. The third kappa shape index (κ3) is 3.32. The van der Waals surface area contributed by atoms with Crippen molar-refractivity contribution >= 4 is 15.9 Å². The Morgan fingerprint density at radius 3 is 2.75 bits per heavy atom. The molecule has 0 bridgehead atoms. The molecular formula is C15H18BrFO3. The van der Waals surface area contributed by atoms with Gasteiger partial charge in [0.1, 0.15) is 17.7 Å². The number of halogens is 2. The first-order valence-electron chi connectivity index (χ1n) is 7.00. The SMILES string of the molecule is Fc1cc(Br)cc(OC2CCOC3(CCOCC3)C2)c1. The Hall–Kier alpha value is -0.650. The van der Waals surface area contributed by atoms with E-state index in [-0.39, 0.29) is 17.5 Å². The lowest BCUT2D eigenvalue weighted by atomic mass is 9.85. The van der Waals surface area contributed by atoms with Crippen molar-refractivity contribution in [2.24, 2.45) is 0 Å². The summed E-state index contributed by atoms with van der Waals surface area (Å²) in [5.41, 5.74) is -0.105. The molecule has 0 amide bonds. The van der Waals surface area contributed by atoms with Crippen molar-refractivity contribution in [3.05, 3.63) is 28.5 Å². The van der Waals surface area contributed by atoms with Gasteiger partial charge in [0.2, 0.25) is 0 Å². The fourth-order valence-electron chi connectivity index (χ4n) is 2.96. The second-order valence-corrected chi connectivity index (χ2v) is 6.40. The van der Waals surface area contributed by atoms with E-state index >= 15 is 0 Å². The average Bonchev–Trinajstić information content (AvgIpc) is 2.38. The number of benzene rings is 1. The molecular weight excluding hydrogens is 327 g/mol. The Morgan fingerprint density at radius 2 is 2.00 bits per heavy atom. The average molecular weight is 345 g/mol. The molecule has 0 aromatic heterocycles. The second-order valence-electron chi connectivity index (χ2n) is 5.48. The van der Waals surface area contributed by atoms with Crippen LogP contribution >= 0.6 is 15.9 Å². The maximum atomic E-state index is 13.4. The van der Waals surface area contributed by atoms with E-state index < -0.39 is 0 Å². The van der Waals surface area contributed by atoms with Gasteiger partial charge >= 0.3 is 0 Å². The van der Waals surface area contributed by atoms with Gasteiger partial charge in [0, 0.05) is 36.6 Å². The molecule has 0 radical (unpaired) electrons. The van der Waals surface area contributed by atoms with Crippen LogP contribution in [0.1, 0.15) is 25.7 Å². The van der Waals surface area contributed by atoms with Crippen molar-refractivity contribution in [2.45, 2.75) is 37.4 Å². The van der Waals surface area contributed by atoms with Crippen LogP contribution < -0.4 is 4.74 Å². The molecule has 5 heteroatoms. The minimum absolute atomic E-state index is 0.0792. The van der Waals surface area contributed by atoms with Crippen LogP contribution in [0.25, 0.3) is 0 Å². The van der Waals surface area contributed by atoms with Gasteiger partial charge in [-0.2, -0.15) is 0 Å². The highest BCUT2D eigenvalue weighted by atomic mass is 79.9. The Labute approximate surface area is 126 Å². The first kappa shape index (κ1) is 14.3. The van der Waals surface area contributed by atoms with Gasteiger partial charge in [-0.3, -0.25) is 0 Å². The maximum Gasteiger partial charge on any atom is 0.128 e. The van der Waals surface area contributed by atoms with Gasteiger partial charge in [0.05, 0.1) is 12.2 Å². The van der Waals surface area contributed by atoms with Crippen molar-refractivity contribution in [1.82, 2.24) is 0 Å². The quantitative estimate of drug-likeness (QED) is 0.818. The number of hydrogen-bond acceptors (Lipinski definition) is 3. The molecule has 0 N–H and O–H groups in total. The molecule has 0 saturated carbocycles.